The van der Waals surface area contributed by atoms with Crippen LogP contribution in [0.3, 0.4) is 0 Å². The van der Waals surface area contributed by atoms with Gasteiger partial charge in [-0.15, -0.1) is 0 Å². The molecule has 8 nitrogen and oxygen atoms in total. The van der Waals surface area contributed by atoms with Crippen molar-refractivity contribution in [3.8, 4) is 5.75 Å². The average Bonchev–Trinajstić information content (AvgIpc) is 3.41. The van der Waals surface area contributed by atoms with Gasteiger partial charge < -0.3 is 10.1 Å². The largest absolute Gasteiger partial charge is 0.497 e. The van der Waals surface area contributed by atoms with Gasteiger partial charge in [0.05, 0.1) is 23.7 Å². The van der Waals surface area contributed by atoms with Crippen molar-refractivity contribution in [1.29, 1.82) is 0 Å². The number of fused-ring (bicyclic) bond motifs is 2. The van der Waals surface area contributed by atoms with Crippen LogP contribution in [0.4, 0.5) is 11.4 Å². The normalized spacial score (nSPS) is 19.6. The minimum atomic E-state index is -0.779. The van der Waals surface area contributed by atoms with Crippen LogP contribution in [0, 0.1) is 12.8 Å². The highest BCUT2D eigenvalue weighted by atomic mass is 35.5. The maximum absolute atomic E-state index is 13.9. The molecule has 0 spiro atoms. The number of ether oxygens (including phenoxy) is 1. The monoisotopic (exact) mass is 605 g/mol. The number of hydrogen-bond acceptors (Lipinski definition) is 7. The summed E-state index contributed by atoms with van der Waals surface area (Å²) in [6, 6.07) is 21.2. The predicted molar refractivity (Wildman–Crippen MR) is 160 cm³/mol. The van der Waals surface area contributed by atoms with Crippen molar-refractivity contribution < 1.29 is 19.1 Å². The van der Waals surface area contributed by atoms with E-state index in [1.807, 2.05) is 31.2 Å². The maximum atomic E-state index is 13.9. The van der Waals surface area contributed by atoms with Crippen molar-refractivity contribution in [2.75, 3.05) is 17.3 Å². The maximum Gasteiger partial charge on any atom is 0.308 e. The van der Waals surface area contributed by atoms with Crippen molar-refractivity contribution in [2.45, 2.75) is 29.7 Å². The molecule has 1 fully saturated rings. The fourth-order valence-corrected chi connectivity index (χ4v) is 8.15. The van der Waals surface area contributed by atoms with E-state index in [-0.39, 0.29) is 29.1 Å². The number of imide groups is 1. The van der Waals surface area contributed by atoms with E-state index < -0.39 is 17.1 Å². The fourth-order valence-electron chi connectivity index (χ4n) is 5.25. The molecule has 0 aliphatic carbocycles. The van der Waals surface area contributed by atoms with E-state index in [4.69, 9.17) is 16.3 Å². The fraction of sp³-hybridized carbons (Fsp3) is 0.200. The standard InChI is InChI=1S/C30H24ClN3O5S2/c1-16-3-9-19(10-4-16)32-22(35)15-33-29-26(41-30(33)38)23(17-5-13-21(39-2)14-6-17)24-25(40-29)28(37)34(27(24)36)20-11-7-18(31)8-12-20/h3-14,23-25H,15H2,1-2H3,(H,32,35). The quantitative estimate of drug-likeness (QED) is 0.299. The molecule has 1 saturated heterocycles. The minimum Gasteiger partial charge on any atom is -0.497 e. The Hall–Kier alpha value is -3.86. The molecule has 0 saturated carbocycles. The van der Waals surface area contributed by atoms with E-state index >= 15 is 0 Å². The van der Waals surface area contributed by atoms with Crippen LogP contribution >= 0.6 is 34.7 Å². The Bertz CT molecular complexity index is 1720. The molecule has 2 aliphatic rings. The minimum absolute atomic E-state index is 0.221. The molecule has 2 aliphatic heterocycles. The molecule has 3 aromatic carbocycles. The molecule has 208 valence electrons. The van der Waals surface area contributed by atoms with E-state index in [1.165, 1.54) is 21.2 Å². The number of nitrogens with one attached hydrogen (secondary N) is 1. The summed E-state index contributed by atoms with van der Waals surface area (Å²) in [4.78, 5) is 55.6. The third-order valence-corrected chi connectivity index (χ3v) is 10.1. The lowest BCUT2D eigenvalue weighted by Crippen LogP contribution is -2.33. The number of rotatable bonds is 6. The smallest absolute Gasteiger partial charge is 0.308 e. The summed E-state index contributed by atoms with van der Waals surface area (Å²) in [5.41, 5.74) is 2.90. The first-order valence-corrected chi connectivity index (χ1v) is 14.9. The summed E-state index contributed by atoms with van der Waals surface area (Å²) >= 11 is 8.23. The van der Waals surface area contributed by atoms with Crippen LogP contribution in [0.15, 0.2) is 82.6 Å². The number of aromatic nitrogens is 1. The molecular weight excluding hydrogens is 582 g/mol. The first-order valence-electron chi connectivity index (χ1n) is 12.8. The molecule has 0 bridgehead atoms. The first kappa shape index (κ1) is 27.3. The Morgan fingerprint density at radius 2 is 1.63 bits per heavy atom. The molecule has 3 heterocycles. The third-order valence-electron chi connectivity index (χ3n) is 7.25. The molecular formula is C30H24ClN3O5S2. The van der Waals surface area contributed by atoms with Gasteiger partial charge in [0.25, 0.3) is 0 Å². The second-order valence-corrected chi connectivity index (χ2v) is 12.4. The van der Waals surface area contributed by atoms with Gasteiger partial charge in [-0.2, -0.15) is 0 Å². The molecule has 0 radical (unpaired) electrons. The molecule has 4 aromatic rings. The number of anilines is 2. The van der Waals surface area contributed by atoms with Crippen LogP contribution in [-0.2, 0) is 20.9 Å². The zero-order valence-corrected chi connectivity index (χ0v) is 24.4. The Morgan fingerprint density at radius 1 is 0.951 bits per heavy atom. The van der Waals surface area contributed by atoms with Crippen molar-refractivity contribution in [1.82, 2.24) is 4.57 Å². The molecule has 3 unspecified atom stereocenters. The number of carbonyl (C=O) groups excluding carboxylic acids is 3. The van der Waals surface area contributed by atoms with Crippen molar-refractivity contribution in [2.24, 2.45) is 5.92 Å². The SMILES string of the molecule is COc1ccc(C2c3sc(=O)n(CC(=O)Nc4ccc(C)cc4)c3SC3C(=O)N(c4ccc(Cl)cc4)C(=O)C32)cc1. The number of thioether (sulfide) groups is 1. The van der Waals surface area contributed by atoms with E-state index in [0.29, 0.717) is 32.1 Å². The van der Waals surface area contributed by atoms with E-state index in [0.717, 1.165) is 22.5 Å². The van der Waals surface area contributed by atoms with E-state index in [2.05, 4.69) is 5.32 Å². The summed E-state index contributed by atoms with van der Waals surface area (Å²) in [6.07, 6.45) is 0. The number of benzene rings is 3. The van der Waals surface area contributed by atoms with Crippen LogP contribution < -0.4 is 19.8 Å². The van der Waals surface area contributed by atoms with Gasteiger partial charge in [-0.05, 0) is 61.0 Å². The zero-order chi connectivity index (χ0) is 28.8. The molecule has 6 rings (SSSR count). The van der Waals surface area contributed by atoms with Gasteiger partial charge in [0.2, 0.25) is 17.7 Å². The number of methoxy groups -OCH3 is 1. The second-order valence-electron chi connectivity index (χ2n) is 9.84. The van der Waals surface area contributed by atoms with Gasteiger partial charge in [0, 0.05) is 21.5 Å². The predicted octanol–water partition coefficient (Wildman–Crippen LogP) is 5.31. The first-order chi connectivity index (χ1) is 19.7. The number of halogens is 1. The summed E-state index contributed by atoms with van der Waals surface area (Å²) in [5, 5.41) is 3.08. The van der Waals surface area contributed by atoms with Gasteiger partial charge in [-0.25, -0.2) is 4.90 Å². The molecule has 11 heteroatoms. The van der Waals surface area contributed by atoms with E-state index in [1.54, 1.807) is 55.6 Å². The molecule has 3 amide bonds. The van der Waals surface area contributed by atoms with Crippen LogP contribution in [0.5, 0.6) is 5.75 Å². The lowest BCUT2D eigenvalue weighted by Gasteiger charge is -2.30. The van der Waals surface area contributed by atoms with Gasteiger partial charge in [-0.1, -0.05) is 64.5 Å². The highest BCUT2D eigenvalue weighted by molar-refractivity contribution is 8.00. The molecule has 41 heavy (non-hydrogen) atoms. The van der Waals surface area contributed by atoms with Crippen molar-refractivity contribution in [3.05, 3.63) is 103 Å². The van der Waals surface area contributed by atoms with Gasteiger partial charge in [-0.3, -0.25) is 23.7 Å². The summed E-state index contributed by atoms with van der Waals surface area (Å²) < 4.78 is 6.72. The van der Waals surface area contributed by atoms with Gasteiger partial charge in [0.15, 0.2) is 0 Å². The molecule has 1 aromatic heterocycles. The van der Waals surface area contributed by atoms with Crippen molar-refractivity contribution in [3.63, 3.8) is 0 Å². The van der Waals surface area contributed by atoms with Crippen LogP contribution in [-0.4, -0.2) is 34.6 Å². The lowest BCUT2D eigenvalue weighted by atomic mass is 9.83. The van der Waals surface area contributed by atoms with Crippen LogP contribution in [0.1, 0.15) is 21.9 Å². The Kier molecular flexibility index (Phi) is 7.23. The molecule has 1 N–H and O–H groups in total. The second kappa shape index (κ2) is 10.8. The number of amides is 3. The lowest BCUT2D eigenvalue weighted by molar-refractivity contribution is -0.122. The Balaban J connectivity index is 1.40. The summed E-state index contributed by atoms with van der Waals surface area (Å²) in [5.74, 6) is -1.73. The van der Waals surface area contributed by atoms with Gasteiger partial charge in [0.1, 0.15) is 17.5 Å². The molecule has 3 atom stereocenters. The number of hydrogen-bond donors (Lipinski definition) is 1. The van der Waals surface area contributed by atoms with Gasteiger partial charge >= 0.3 is 4.87 Å². The number of thiazole rings is 1. The number of nitrogens with zero attached hydrogens (tertiary/aromatic N) is 2. The zero-order valence-electron chi connectivity index (χ0n) is 22.0. The van der Waals surface area contributed by atoms with E-state index in [9.17, 15) is 19.2 Å². The number of aryl methyl sites for hydroxylation is 1. The highest BCUT2D eigenvalue weighted by Crippen LogP contribution is 2.54. The topological polar surface area (TPSA) is 97.7 Å². The summed E-state index contributed by atoms with van der Waals surface area (Å²) in [6.45, 7) is 1.73. The highest BCUT2D eigenvalue weighted by Gasteiger charge is 2.56. The Labute approximate surface area is 248 Å². The third kappa shape index (κ3) is 4.96. The van der Waals surface area contributed by atoms with Crippen LogP contribution in [0.25, 0.3) is 0 Å². The summed E-state index contributed by atoms with van der Waals surface area (Å²) in [7, 11) is 1.57. The average molecular weight is 606 g/mol. The van der Waals surface area contributed by atoms with Crippen molar-refractivity contribution >= 4 is 63.8 Å². The van der Waals surface area contributed by atoms with Crippen LogP contribution in [0.2, 0.25) is 5.02 Å². The number of carbonyl (C=O) groups is 3. The Morgan fingerprint density at radius 3 is 2.29 bits per heavy atom.